The van der Waals surface area contributed by atoms with Gasteiger partial charge in [-0.15, -0.1) is 0 Å². The molecule has 2 nitrogen and oxygen atoms in total. The van der Waals surface area contributed by atoms with E-state index in [1.54, 1.807) is 7.11 Å². The van der Waals surface area contributed by atoms with Crippen LogP contribution in [-0.4, -0.2) is 26.7 Å². The van der Waals surface area contributed by atoms with E-state index in [1.807, 2.05) is 6.08 Å². The molecule has 0 bridgehead atoms. The van der Waals surface area contributed by atoms with E-state index in [0.29, 0.717) is 24.4 Å². The summed E-state index contributed by atoms with van der Waals surface area (Å²) >= 11 is 0. The minimum atomic E-state index is -0.0737. The first kappa shape index (κ1) is 10.2. The molecule has 88 valence electrons. The van der Waals surface area contributed by atoms with Crippen molar-refractivity contribution in [2.75, 3.05) is 13.7 Å². The first-order valence-corrected chi connectivity index (χ1v) is 6.39. The molecule has 0 aromatic carbocycles. The van der Waals surface area contributed by atoms with Crippen molar-refractivity contribution in [3.63, 3.8) is 0 Å². The fourth-order valence-corrected chi connectivity index (χ4v) is 4.55. The Morgan fingerprint density at radius 3 is 2.76 bits per heavy atom. The maximum absolute atomic E-state index is 9.47. The Labute approximate surface area is 103 Å². The number of rotatable bonds is 3. The molecule has 4 aliphatic carbocycles. The minimum absolute atomic E-state index is 0.0737. The summed E-state index contributed by atoms with van der Waals surface area (Å²) in [6.45, 7) is 2.47. The van der Waals surface area contributed by atoms with E-state index in [9.17, 15) is 5.11 Å². The van der Waals surface area contributed by atoms with Crippen LogP contribution in [0.5, 0.6) is 0 Å². The molecule has 4 atom stereocenters. The predicted molar refractivity (Wildman–Crippen MR) is 65.4 cm³/mol. The molecule has 2 radical (unpaired) electrons. The van der Waals surface area contributed by atoms with Gasteiger partial charge < -0.3 is 9.84 Å². The SMILES string of the molecule is [B]C12C=CC(OC)=CC3(C4CC4(C)CO)C1C23. The Morgan fingerprint density at radius 1 is 1.53 bits per heavy atom. The Balaban J connectivity index is 1.70. The molecule has 3 heteroatoms. The summed E-state index contributed by atoms with van der Waals surface area (Å²) < 4.78 is 5.39. The maximum atomic E-state index is 9.47. The van der Waals surface area contributed by atoms with E-state index < -0.39 is 0 Å². The summed E-state index contributed by atoms with van der Waals surface area (Å²) in [7, 11) is 8.05. The standard InChI is InChI=1S/C14H17BO2/c1-12(7-16)6-9(12)13-5-8(17-2)3-4-14(15)10(13)11(13)14/h3-5,9-11,16H,6-7H2,1-2H3. The Kier molecular flexibility index (Phi) is 1.51. The van der Waals surface area contributed by atoms with Gasteiger partial charge in [-0.05, 0) is 47.1 Å². The zero-order valence-corrected chi connectivity index (χ0v) is 10.3. The highest BCUT2D eigenvalue weighted by Crippen LogP contribution is 2.98. The number of hydrogen-bond donors (Lipinski definition) is 1. The van der Waals surface area contributed by atoms with E-state index in [-0.39, 0.29) is 16.1 Å². The molecule has 0 spiro atoms. The molecular formula is C14H17BO2. The van der Waals surface area contributed by atoms with Crippen molar-refractivity contribution < 1.29 is 9.84 Å². The average Bonchev–Trinajstić information content (AvgIpc) is 3.17. The number of hydrogen-bond acceptors (Lipinski definition) is 2. The lowest BCUT2D eigenvalue weighted by atomic mass is 9.64. The topological polar surface area (TPSA) is 29.5 Å². The van der Waals surface area contributed by atoms with Crippen LogP contribution in [0.1, 0.15) is 13.3 Å². The van der Waals surface area contributed by atoms with E-state index in [2.05, 4.69) is 19.1 Å². The monoisotopic (exact) mass is 228 g/mol. The molecule has 0 aromatic rings. The molecule has 0 aromatic heterocycles. The van der Waals surface area contributed by atoms with Crippen LogP contribution < -0.4 is 0 Å². The van der Waals surface area contributed by atoms with Crippen LogP contribution in [-0.2, 0) is 4.74 Å². The molecule has 17 heavy (non-hydrogen) atoms. The van der Waals surface area contributed by atoms with Gasteiger partial charge in [-0.3, -0.25) is 0 Å². The Hall–Kier alpha value is -0.695. The number of methoxy groups -OCH3 is 1. The molecule has 3 saturated carbocycles. The van der Waals surface area contributed by atoms with Crippen LogP contribution in [0.15, 0.2) is 24.0 Å². The third kappa shape index (κ3) is 0.919. The van der Waals surface area contributed by atoms with E-state index in [0.717, 1.165) is 12.2 Å². The van der Waals surface area contributed by atoms with Gasteiger partial charge in [0, 0.05) is 12.0 Å². The summed E-state index contributed by atoms with van der Waals surface area (Å²) in [6.07, 6.45) is 7.53. The summed E-state index contributed by atoms with van der Waals surface area (Å²) in [6, 6.07) is 0. The number of fused-ring (bicyclic) bond motifs is 2. The number of aliphatic hydroxyl groups excluding tert-OH is 1. The summed E-state index contributed by atoms with van der Waals surface area (Å²) in [4.78, 5) is 0. The second kappa shape index (κ2) is 2.51. The zero-order valence-electron chi connectivity index (χ0n) is 10.3. The van der Waals surface area contributed by atoms with Gasteiger partial charge in [-0.25, -0.2) is 0 Å². The van der Waals surface area contributed by atoms with Gasteiger partial charge >= 0.3 is 0 Å². The normalized spacial score (nSPS) is 61.1. The molecule has 3 fully saturated rings. The first-order chi connectivity index (χ1) is 8.03. The second-order valence-corrected chi connectivity index (χ2v) is 6.61. The van der Waals surface area contributed by atoms with E-state index >= 15 is 0 Å². The van der Waals surface area contributed by atoms with Gasteiger partial charge in [-0.1, -0.05) is 13.0 Å². The third-order valence-electron chi connectivity index (χ3n) is 5.75. The van der Waals surface area contributed by atoms with Crippen LogP contribution in [0.4, 0.5) is 0 Å². The molecule has 0 saturated heterocycles. The number of allylic oxidation sites excluding steroid dienone is 3. The first-order valence-electron chi connectivity index (χ1n) is 6.39. The smallest absolute Gasteiger partial charge is 0.115 e. The van der Waals surface area contributed by atoms with Crippen LogP contribution in [0, 0.1) is 28.6 Å². The van der Waals surface area contributed by atoms with E-state index in [4.69, 9.17) is 12.6 Å². The summed E-state index contributed by atoms with van der Waals surface area (Å²) in [5, 5.41) is 9.39. The van der Waals surface area contributed by atoms with Crippen LogP contribution >= 0.6 is 0 Å². The number of ether oxygens (including phenoxy) is 1. The summed E-state index contributed by atoms with van der Waals surface area (Å²) in [5.74, 6) is 2.72. The van der Waals surface area contributed by atoms with Crippen LogP contribution in [0.25, 0.3) is 0 Å². The highest BCUT2D eigenvalue weighted by Gasteiger charge is 2.92. The second-order valence-electron chi connectivity index (χ2n) is 6.61. The predicted octanol–water partition coefficient (Wildman–Crippen LogP) is 1.68. The fourth-order valence-electron chi connectivity index (χ4n) is 4.55. The molecule has 0 amide bonds. The largest absolute Gasteiger partial charge is 0.497 e. The van der Waals surface area contributed by atoms with Crippen molar-refractivity contribution in [3.8, 4) is 0 Å². The molecule has 4 rings (SSSR count). The number of aliphatic hydroxyl groups is 1. The zero-order chi connectivity index (χ0) is 12.1. The Bertz CT molecular complexity index is 457. The van der Waals surface area contributed by atoms with Crippen molar-refractivity contribution in [2.45, 2.75) is 18.7 Å². The van der Waals surface area contributed by atoms with Crippen molar-refractivity contribution >= 4 is 7.85 Å². The molecule has 1 N–H and O–H groups in total. The maximum Gasteiger partial charge on any atom is 0.115 e. The van der Waals surface area contributed by atoms with Gasteiger partial charge in [-0.2, -0.15) is 0 Å². The quantitative estimate of drug-likeness (QED) is 0.744. The lowest BCUT2D eigenvalue weighted by Gasteiger charge is -2.29. The van der Waals surface area contributed by atoms with Gasteiger partial charge in [0.15, 0.2) is 0 Å². The van der Waals surface area contributed by atoms with Crippen molar-refractivity contribution in [2.24, 2.45) is 28.6 Å². The third-order valence-corrected chi connectivity index (χ3v) is 5.75. The fraction of sp³-hybridized carbons (Fsp3) is 0.714. The lowest BCUT2D eigenvalue weighted by molar-refractivity contribution is 0.186. The molecular weight excluding hydrogens is 211 g/mol. The molecule has 0 aliphatic heterocycles. The van der Waals surface area contributed by atoms with Crippen molar-refractivity contribution in [3.05, 3.63) is 24.0 Å². The molecule has 4 aliphatic rings. The van der Waals surface area contributed by atoms with E-state index in [1.165, 1.54) is 0 Å². The van der Waals surface area contributed by atoms with Gasteiger partial charge in [0.25, 0.3) is 0 Å². The minimum Gasteiger partial charge on any atom is -0.497 e. The van der Waals surface area contributed by atoms with Crippen LogP contribution in [0.2, 0.25) is 5.31 Å². The van der Waals surface area contributed by atoms with Crippen LogP contribution in [0.3, 0.4) is 0 Å². The van der Waals surface area contributed by atoms with Gasteiger partial charge in [0.2, 0.25) is 0 Å². The van der Waals surface area contributed by atoms with Gasteiger partial charge in [0.1, 0.15) is 5.76 Å². The highest BCUT2D eigenvalue weighted by atomic mass is 16.5. The van der Waals surface area contributed by atoms with Crippen molar-refractivity contribution in [1.29, 1.82) is 0 Å². The lowest BCUT2D eigenvalue weighted by Crippen LogP contribution is -2.24. The Morgan fingerprint density at radius 2 is 2.24 bits per heavy atom. The summed E-state index contributed by atoms with van der Waals surface area (Å²) in [5.41, 5.74) is 0.356. The molecule has 4 unspecified atom stereocenters. The average molecular weight is 228 g/mol. The van der Waals surface area contributed by atoms with Crippen molar-refractivity contribution in [1.82, 2.24) is 0 Å². The molecule has 0 heterocycles. The van der Waals surface area contributed by atoms with Gasteiger partial charge in [0.05, 0.1) is 15.0 Å². The highest BCUT2D eigenvalue weighted by molar-refractivity contribution is 6.22.